The number of hydrogen-bond donors (Lipinski definition) is 1. The summed E-state index contributed by atoms with van der Waals surface area (Å²) in [5.74, 6) is 0. The molecule has 0 fully saturated rings. The van der Waals surface area contributed by atoms with E-state index in [-0.39, 0.29) is 0 Å². The second-order valence-corrected chi connectivity index (χ2v) is 11.3. The van der Waals surface area contributed by atoms with Gasteiger partial charge in [-0.05, 0) is 31.5 Å². The van der Waals surface area contributed by atoms with Gasteiger partial charge in [-0.2, -0.15) is 0 Å². The highest BCUT2D eigenvalue weighted by molar-refractivity contribution is 6.88. The number of benzene rings is 1. The van der Waals surface area contributed by atoms with Gasteiger partial charge in [-0.1, -0.05) is 49.1 Å². The van der Waals surface area contributed by atoms with Crippen LogP contribution in [0.2, 0.25) is 19.6 Å². The van der Waals surface area contributed by atoms with Crippen LogP contribution in [0.5, 0.6) is 0 Å². The molecule has 1 aromatic carbocycles. The quantitative estimate of drug-likeness (QED) is 0.844. The molecule has 2 rings (SSSR count). The maximum Gasteiger partial charge on any atom is 0.0775 e. The van der Waals surface area contributed by atoms with E-state index in [1.54, 1.807) is 0 Å². The average Bonchev–Trinajstić information content (AvgIpc) is 2.66. The summed E-state index contributed by atoms with van der Waals surface area (Å²) in [6.07, 6.45) is 0. The van der Waals surface area contributed by atoms with Crippen molar-refractivity contribution in [2.24, 2.45) is 0 Å². The van der Waals surface area contributed by atoms with E-state index in [4.69, 9.17) is 0 Å². The minimum Gasteiger partial charge on any atom is -0.322 e. The SMILES string of the molecule is Cc1ccc(C)n1NCc1ccc([Si](C)(C)C)cc1. The first-order chi connectivity index (χ1) is 8.88. The first-order valence-corrected chi connectivity index (χ1v) is 10.4. The van der Waals surface area contributed by atoms with Crippen LogP contribution in [0.4, 0.5) is 0 Å². The molecule has 0 aliphatic heterocycles. The van der Waals surface area contributed by atoms with Crippen LogP contribution in [0.25, 0.3) is 0 Å². The van der Waals surface area contributed by atoms with Gasteiger partial charge in [-0.25, -0.2) is 0 Å². The van der Waals surface area contributed by atoms with Gasteiger partial charge in [0.15, 0.2) is 0 Å². The molecule has 19 heavy (non-hydrogen) atoms. The third-order valence-electron chi connectivity index (χ3n) is 3.53. The summed E-state index contributed by atoms with van der Waals surface area (Å²) in [5, 5.41) is 1.52. The fourth-order valence-corrected chi connectivity index (χ4v) is 3.38. The lowest BCUT2D eigenvalue weighted by atomic mass is 10.2. The van der Waals surface area contributed by atoms with E-state index in [0.717, 1.165) is 6.54 Å². The van der Waals surface area contributed by atoms with Crippen molar-refractivity contribution in [3.8, 4) is 0 Å². The van der Waals surface area contributed by atoms with Crippen LogP contribution in [-0.4, -0.2) is 12.7 Å². The van der Waals surface area contributed by atoms with E-state index >= 15 is 0 Å². The van der Waals surface area contributed by atoms with Gasteiger partial charge in [-0.3, -0.25) is 4.68 Å². The predicted molar refractivity (Wildman–Crippen MR) is 86.4 cm³/mol. The standard InChI is InChI=1S/C16H24N2Si/c1-13-6-7-14(2)18(13)17-12-15-8-10-16(11-9-15)19(3,4)5/h6-11,17H,12H2,1-5H3. The van der Waals surface area contributed by atoms with Gasteiger partial charge < -0.3 is 5.43 Å². The highest BCUT2D eigenvalue weighted by atomic mass is 28.3. The van der Waals surface area contributed by atoms with E-state index in [1.807, 2.05) is 0 Å². The Kier molecular flexibility index (Phi) is 3.85. The third kappa shape index (κ3) is 3.29. The summed E-state index contributed by atoms with van der Waals surface area (Å²) >= 11 is 0. The Morgan fingerprint density at radius 1 is 0.895 bits per heavy atom. The number of nitrogens with one attached hydrogen (secondary N) is 1. The summed E-state index contributed by atoms with van der Waals surface area (Å²) < 4.78 is 2.15. The lowest BCUT2D eigenvalue weighted by Gasteiger charge is -2.17. The number of nitrogens with zero attached hydrogens (tertiary/aromatic N) is 1. The zero-order valence-electron chi connectivity index (χ0n) is 12.6. The molecule has 2 nitrogen and oxygen atoms in total. The van der Waals surface area contributed by atoms with Crippen molar-refractivity contribution in [3.63, 3.8) is 0 Å². The molecule has 102 valence electrons. The molecule has 0 saturated carbocycles. The largest absolute Gasteiger partial charge is 0.322 e. The number of aromatic nitrogens is 1. The summed E-state index contributed by atoms with van der Waals surface area (Å²) in [6.45, 7) is 12.2. The Morgan fingerprint density at radius 3 is 1.89 bits per heavy atom. The van der Waals surface area contributed by atoms with Crippen molar-refractivity contribution < 1.29 is 0 Å². The summed E-state index contributed by atoms with van der Waals surface area (Å²) in [4.78, 5) is 0. The van der Waals surface area contributed by atoms with Crippen LogP contribution in [0.15, 0.2) is 36.4 Å². The molecule has 0 aliphatic rings. The lowest BCUT2D eigenvalue weighted by molar-refractivity contribution is 0.792. The number of aryl methyl sites for hydroxylation is 2. The zero-order valence-corrected chi connectivity index (χ0v) is 13.6. The number of hydrogen-bond acceptors (Lipinski definition) is 1. The van der Waals surface area contributed by atoms with Gasteiger partial charge in [0.25, 0.3) is 0 Å². The fraction of sp³-hybridized carbons (Fsp3) is 0.375. The number of rotatable bonds is 4. The second kappa shape index (κ2) is 5.25. The Morgan fingerprint density at radius 2 is 1.42 bits per heavy atom. The van der Waals surface area contributed by atoms with Crippen LogP contribution in [-0.2, 0) is 6.54 Å². The maximum absolute atomic E-state index is 3.46. The van der Waals surface area contributed by atoms with Crippen LogP contribution in [0, 0.1) is 13.8 Å². The minimum atomic E-state index is -1.18. The first-order valence-electron chi connectivity index (χ1n) is 6.86. The molecule has 1 N–H and O–H groups in total. The molecule has 0 saturated heterocycles. The minimum absolute atomic E-state index is 0.863. The zero-order chi connectivity index (χ0) is 14.0. The monoisotopic (exact) mass is 272 g/mol. The topological polar surface area (TPSA) is 17.0 Å². The molecular weight excluding hydrogens is 248 g/mol. The van der Waals surface area contributed by atoms with Gasteiger partial charge in [0.1, 0.15) is 0 Å². The Balaban J connectivity index is 2.05. The first kappa shape index (κ1) is 13.9. The van der Waals surface area contributed by atoms with E-state index in [2.05, 4.69) is 80.0 Å². The van der Waals surface area contributed by atoms with Gasteiger partial charge in [0.2, 0.25) is 0 Å². The highest BCUT2D eigenvalue weighted by Gasteiger charge is 2.15. The molecule has 2 aromatic rings. The van der Waals surface area contributed by atoms with E-state index in [9.17, 15) is 0 Å². The van der Waals surface area contributed by atoms with E-state index in [0.29, 0.717) is 0 Å². The lowest BCUT2D eigenvalue weighted by Crippen LogP contribution is -2.37. The summed E-state index contributed by atoms with van der Waals surface area (Å²) in [6, 6.07) is 13.3. The van der Waals surface area contributed by atoms with Crippen molar-refractivity contribution in [2.45, 2.75) is 40.0 Å². The Bertz CT molecular complexity index is 528. The summed E-state index contributed by atoms with van der Waals surface area (Å²) in [7, 11) is -1.18. The van der Waals surface area contributed by atoms with Crippen LogP contribution in [0.3, 0.4) is 0 Å². The fourth-order valence-electron chi connectivity index (χ4n) is 2.21. The molecular formula is C16H24N2Si. The van der Waals surface area contributed by atoms with Crippen molar-refractivity contribution in [1.82, 2.24) is 4.68 Å². The van der Waals surface area contributed by atoms with E-state index in [1.165, 1.54) is 22.1 Å². The molecule has 0 radical (unpaired) electrons. The van der Waals surface area contributed by atoms with Crippen molar-refractivity contribution >= 4 is 13.3 Å². The molecule has 1 aromatic heterocycles. The van der Waals surface area contributed by atoms with Gasteiger partial charge in [-0.15, -0.1) is 0 Å². The smallest absolute Gasteiger partial charge is 0.0775 e. The second-order valence-electron chi connectivity index (χ2n) is 6.23. The van der Waals surface area contributed by atoms with Crippen LogP contribution < -0.4 is 10.6 Å². The molecule has 0 atom stereocenters. The van der Waals surface area contributed by atoms with Gasteiger partial charge in [0, 0.05) is 11.4 Å². The molecule has 0 unspecified atom stereocenters. The van der Waals surface area contributed by atoms with E-state index < -0.39 is 8.07 Å². The normalized spacial score (nSPS) is 11.6. The molecule has 3 heteroatoms. The predicted octanol–water partition coefficient (Wildman–Crippen LogP) is 3.39. The van der Waals surface area contributed by atoms with Crippen molar-refractivity contribution in [2.75, 3.05) is 5.43 Å². The molecule has 1 heterocycles. The molecule has 0 spiro atoms. The van der Waals surface area contributed by atoms with Crippen molar-refractivity contribution in [3.05, 3.63) is 53.3 Å². The maximum atomic E-state index is 3.46. The Hall–Kier alpha value is -1.48. The molecule has 0 aliphatic carbocycles. The average molecular weight is 272 g/mol. The molecule has 0 bridgehead atoms. The van der Waals surface area contributed by atoms with Crippen LogP contribution in [0.1, 0.15) is 17.0 Å². The summed E-state index contributed by atoms with van der Waals surface area (Å²) in [5.41, 5.74) is 7.28. The van der Waals surface area contributed by atoms with Gasteiger partial charge >= 0.3 is 0 Å². The molecule has 0 amide bonds. The van der Waals surface area contributed by atoms with Gasteiger partial charge in [0.05, 0.1) is 14.6 Å². The highest BCUT2D eigenvalue weighted by Crippen LogP contribution is 2.07. The van der Waals surface area contributed by atoms with Crippen LogP contribution >= 0.6 is 0 Å². The third-order valence-corrected chi connectivity index (χ3v) is 5.60. The van der Waals surface area contributed by atoms with Crippen molar-refractivity contribution in [1.29, 1.82) is 0 Å². The Labute approximate surface area is 117 Å².